The molecule has 0 bridgehead atoms. The van der Waals surface area contributed by atoms with Crippen molar-refractivity contribution in [3.63, 3.8) is 0 Å². The lowest BCUT2D eigenvalue weighted by molar-refractivity contribution is 0.262. The number of hydrogen-bond donors (Lipinski definition) is 2. The fourth-order valence-corrected chi connectivity index (χ4v) is 3.16. The number of halogens is 1. The quantitative estimate of drug-likeness (QED) is 0.905. The number of aromatic nitrogens is 2. The summed E-state index contributed by atoms with van der Waals surface area (Å²) >= 11 is 0. The minimum absolute atomic E-state index is 0.109. The molecule has 122 valence electrons. The lowest BCUT2D eigenvalue weighted by Gasteiger charge is -2.11. The molecule has 1 aliphatic rings. The molecule has 0 aliphatic carbocycles. The van der Waals surface area contributed by atoms with Gasteiger partial charge in [0, 0.05) is 30.2 Å². The van der Waals surface area contributed by atoms with Crippen LogP contribution in [-0.2, 0) is 23.8 Å². The summed E-state index contributed by atoms with van der Waals surface area (Å²) in [4.78, 5) is 12.1. The number of fused-ring (bicyclic) bond motifs is 1. The Morgan fingerprint density at radius 2 is 2.13 bits per heavy atom. The van der Waals surface area contributed by atoms with Gasteiger partial charge in [-0.1, -0.05) is 0 Å². The van der Waals surface area contributed by atoms with Gasteiger partial charge in [-0.15, -0.1) is 0 Å². The molecule has 0 spiro atoms. The van der Waals surface area contributed by atoms with Gasteiger partial charge in [0.1, 0.15) is 5.82 Å². The largest absolute Gasteiger partial charge is 0.324 e. The van der Waals surface area contributed by atoms with E-state index >= 15 is 0 Å². The lowest BCUT2D eigenvalue weighted by Crippen LogP contribution is -2.20. The normalized spacial score (nSPS) is 14.9. The summed E-state index contributed by atoms with van der Waals surface area (Å²) in [5.74, 6) is -0.132. The number of anilines is 2. The Labute approximate surface area is 135 Å². The number of hydrogen-bond acceptors (Lipinski definition) is 3. The zero-order valence-electron chi connectivity index (χ0n) is 12.6. The highest BCUT2D eigenvalue weighted by atomic mass is 32.2. The number of urea groups is 1. The van der Waals surface area contributed by atoms with E-state index in [9.17, 15) is 13.4 Å². The van der Waals surface area contributed by atoms with Crippen molar-refractivity contribution >= 4 is 28.3 Å². The van der Waals surface area contributed by atoms with E-state index < -0.39 is 22.6 Å². The topological polar surface area (TPSA) is 76.0 Å². The first-order valence-corrected chi connectivity index (χ1v) is 8.86. The van der Waals surface area contributed by atoms with Crippen molar-refractivity contribution in [2.75, 3.05) is 16.9 Å². The summed E-state index contributed by atoms with van der Waals surface area (Å²) in [6, 6.07) is 5.41. The van der Waals surface area contributed by atoms with Crippen LogP contribution < -0.4 is 10.6 Å². The van der Waals surface area contributed by atoms with E-state index in [0.717, 1.165) is 37.6 Å². The Morgan fingerprint density at radius 3 is 2.83 bits per heavy atom. The van der Waals surface area contributed by atoms with Gasteiger partial charge >= 0.3 is 6.03 Å². The Bertz CT molecular complexity index is 751. The molecule has 2 amide bonds. The fraction of sp³-hybridized carbons (Fsp3) is 0.333. The second kappa shape index (κ2) is 6.49. The molecule has 1 atom stereocenters. The number of nitrogens with zero attached hydrogens (tertiary/aromatic N) is 2. The predicted octanol–water partition coefficient (Wildman–Crippen LogP) is 2.74. The molecular formula is C15H17FN4O2S. The second-order valence-corrected chi connectivity index (χ2v) is 6.73. The van der Waals surface area contributed by atoms with Gasteiger partial charge in [0.05, 0.1) is 15.7 Å². The van der Waals surface area contributed by atoms with Crippen molar-refractivity contribution in [2.45, 2.75) is 30.7 Å². The molecule has 8 heteroatoms. The van der Waals surface area contributed by atoms with Crippen LogP contribution in [-0.4, -0.2) is 26.3 Å². The molecular weight excluding hydrogens is 319 g/mol. The first-order valence-electron chi connectivity index (χ1n) is 7.30. The predicted molar refractivity (Wildman–Crippen MR) is 86.5 cm³/mol. The molecule has 1 aliphatic heterocycles. The van der Waals surface area contributed by atoms with E-state index in [1.165, 1.54) is 18.4 Å². The van der Waals surface area contributed by atoms with Gasteiger partial charge in [-0.3, -0.25) is 14.2 Å². The maximum absolute atomic E-state index is 13.8. The number of rotatable bonds is 3. The molecule has 0 saturated heterocycles. The summed E-state index contributed by atoms with van der Waals surface area (Å²) in [6.45, 7) is 0.861. The highest BCUT2D eigenvalue weighted by molar-refractivity contribution is 7.84. The van der Waals surface area contributed by atoms with Gasteiger partial charge in [-0.05, 0) is 37.5 Å². The Morgan fingerprint density at radius 1 is 1.30 bits per heavy atom. The van der Waals surface area contributed by atoms with Gasteiger partial charge in [-0.2, -0.15) is 5.10 Å². The minimum Gasteiger partial charge on any atom is -0.308 e. The summed E-state index contributed by atoms with van der Waals surface area (Å²) in [5, 5.41) is 9.50. The van der Waals surface area contributed by atoms with E-state index in [1.54, 1.807) is 0 Å². The van der Waals surface area contributed by atoms with Crippen molar-refractivity contribution < 1.29 is 13.4 Å². The van der Waals surface area contributed by atoms with Gasteiger partial charge < -0.3 is 5.32 Å². The summed E-state index contributed by atoms with van der Waals surface area (Å²) in [7, 11) is -1.41. The van der Waals surface area contributed by atoms with E-state index in [-0.39, 0.29) is 10.6 Å². The first kappa shape index (κ1) is 15.7. The van der Waals surface area contributed by atoms with E-state index in [4.69, 9.17) is 0 Å². The van der Waals surface area contributed by atoms with Gasteiger partial charge in [0.25, 0.3) is 0 Å². The maximum Gasteiger partial charge on any atom is 0.324 e. The maximum atomic E-state index is 13.8. The van der Waals surface area contributed by atoms with Crippen molar-refractivity contribution in [1.82, 2.24) is 9.78 Å². The van der Waals surface area contributed by atoms with E-state index in [0.29, 0.717) is 5.82 Å². The monoisotopic (exact) mass is 336 g/mol. The number of aryl methyl sites for hydroxylation is 2. The molecule has 1 aromatic heterocycles. The van der Waals surface area contributed by atoms with Crippen LogP contribution in [0.25, 0.3) is 0 Å². The van der Waals surface area contributed by atoms with Crippen molar-refractivity contribution in [3.8, 4) is 0 Å². The van der Waals surface area contributed by atoms with Crippen LogP contribution in [0.2, 0.25) is 0 Å². The third-order valence-electron chi connectivity index (χ3n) is 3.66. The smallest absolute Gasteiger partial charge is 0.308 e. The molecule has 0 saturated carbocycles. The van der Waals surface area contributed by atoms with E-state index in [1.807, 2.05) is 10.7 Å². The second-order valence-electron chi connectivity index (χ2n) is 5.38. The fourth-order valence-electron chi connectivity index (χ4n) is 2.57. The molecule has 6 nitrogen and oxygen atoms in total. The summed E-state index contributed by atoms with van der Waals surface area (Å²) in [6.07, 6.45) is 4.57. The average Bonchev–Trinajstić information content (AvgIpc) is 2.88. The van der Waals surface area contributed by atoms with Crippen molar-refractivity contribution in [1.29, 1.82) is 0 Å². The van der Waals surface area contributed by atoms with Gasteiger partial charge in [0.15, 0.2) is 5.82 Å². The van der Waals surface area contributed by atoms with Crippen LogP contribution in [0, 0.1) is 5.82 Å². The average molecular weight is 336 g/mol. The Kier molecular flexibility index (Phi) is 4.42. The van der Waals surface area contributed by atoms with Crippen LogP contribution in [0.3, 0.4) is 0 Å². The molecule has 23 heavy (non-hydrogen) atoms. The number of carbonyl (C=O) groups is 1. The third kappa shape index (κ3) is 3.58. The zero-order chi connectivity index (χ0) is 16.4. The van der Waals surface area contributed by atoms with Crippen LogP contribution in [0.1, 0.15) is 18.5 Å². The Balaban J connectivity index is 1.66. The standard InChI is InChI=1S/C15H17FN4O2S/c1-23(22)13-6-5-10(8-12(13)16)17-15(21)18-14-9-11-4-2-3-7-20(11)19-14/h5-6,8-9H,2-4,7H2,1H3,(H2,17,18,19,21)/t23-/m1/s1. The minimum atomic E-state index is -1.41. The Hall–Kier alpha value is -2.22. The van der Waals surface area contributed by atoms with Crippen LogP contribution in [0.15, 0.2) is 29.2 Å². The molecule has 3 rings (SSSR count). The van der Waals surface area contributed by atoms with E-state index in [2.05, 4.69) is 15.7 Å². The number of amides is 2. The zero-order valence-corrected chi connectivity index (χ0v) is 13.5. The SMILES string of the molecule is C[S@@](=O)c1ccc(NC(=O)Nc2cc3n(n2)CCCC3)cc1F. The highest BCUT2D eigenvalue weighted by Crippen LogP contribution is 2.19. The van der Waals surface area contributed by atoms with Crippen LogP contribution >= 0.6 is 0 Å². The summed E-state index contributed by atoms with van der Waals surface area (Å²) in [5.41, 5.74) is 1.39. The number of benzene rings is 1. The highest BCUT2D eigenvalue weighted by Gasteiger charge is 2.14. The molecule has 2 N–H and O–H groups in total. The first-order chi connectivity index (χ1) is 11.0. The van der Waals surface area contributed by atoms with Crippen molar-refractivity contribution in [3.05, 3.63) is 35.8 Å². The number of carbonyl (C=O) groups excluding carboxylic acids is 1. The summed E-state index contributed by atoms with van der Waals surface area (Å²) < 4.78 is 26.9. The lowest BCUT2D eigenvalue weighted by atomic mass is 10.1. The van der Waals surface area contributed by atoms with Crippen LogP contribution in [0.4, 0.5) is 20.7 Å². The molecule has 1 aromatic carbocycles. The molecule has 2 aromatic rings. The molecule has 0 radical (unpaired) electrons. The van der Waals surface area contributed by atoms with Gasteiger partial charge in [-0.25, -0.2) is 9.18 Å². The molecule has 0 fully saturated rings. The number of nitrogens with one attached hydrogen (secondary N) is 2. The molecule has 0 unspecified atom stereocenters. The van der Waals surface area contributed by atoms with Gasteiger partial charge in [0.2, 0.25) is 0 Å². The molecule has 2 heterocycles. The van der Waals surface area contributed by atoms with Crippen LogP contribution in [0.5, 0.6) is 0 Å². The van der Waals surface area contributed by atoms with Crippen molar-refractivity contribution in [2.24, 2.45) is 0 Å². The third-order valence-corrected chi connectivity index (χ3v) is 4.61.